The smallest absolute Gasteiger partial charge is 0.140 e. The molecule has 2 fully saturated rings. The third-order valence-corrected chi connectivity index (χ3v) is 3.89. The van der Waals surface area contributed by atoms with Crippen LogP contribution >= 0.6 is 15.9 Å². The molecule has 3 rings (SSSR count). The summed E-state index contributed by atoms with van der Waals surface area (Å²) >= 11 is 3.46. The van der Waals surface area contributed by atoms with E-state index >= 15 is 0 Å². The first-order valence-electron chi connectivity index (χ1n) is 5.55. The number of ether oxygens (including phenoxy) is 1. The molecular formula is C11H14BrN3O. The second-order valence-corrected chi connectivity index (χ2v) is 5.31. The van der Waals surface area contributed by atoms with Gasteiger partial charge in [0.15, 0.2) is 0 Å². The van der Waals surface area contributed by atoms with Crippen molar-refractivity contribution in [3.63, 3.8) is 0 Å². The zero-order valence-electron chi connectivity index (χ0n) is 8.82. The van der Waals surface area contributed by atoms with Crippen molar-refractivity contribution in [1.29, 1.82) is 0 Å². The van der Waals surface area contributed by atoms with Gasteiger partial charge in [-0.05, 0) is 41.3 Å². The lowest BCUT2D eigenvalue weighted by atomic mass is 9.95. The molecular weight excluding hydrogens is 270 g/mol. The summed E-state index contributed by atoms with van der Waals surface area (Å²) in [6.45, 7) is 0. The van der Waals surface area contributed by atoms with Gasteiger partial charge in [0, 0.05) is 0 Å². The lowest BCUT2D eigenvalue weighted by Gasteiger charge is -2.21. The molecule has 16 heavy (non-hydrogen) atoms. The number of nitrogen functional groups attached to an aromatic ring is 1. The molecule has 0 radical (unpaired) electrons. The van der Waals surface area contributed by atoms with E-state index in [0.717, 1.165) is 23.1 Å². The molecule has 2 aliphatic rings. The number of nitrogens with one attached hydrogen (secondary N) is 1. The van der Waals surface area contributed by atoms with Crippen LogP contribution in [0.1, 0.15) is 19.3 Å². The molecule has 3 heterocycles. The van der Waals surface area contributed by atoms with Crippen LogP contribution in [-0.4, -0.2) is 23.2 Å². The van der Waals surface area contributed by atoms with E-state index in [1.807, 2.05) is 6.07 Å². The predicted molar refractivity (Wildman–Crippen MR) is 66.3 cm³/mol. The quantitative estimate of drug-likeness (QED) is 0.873. The first-order valence-corrected chi connectivity index (χ1v) is 6.34. The standard InChI is InChI=1S/C11H14BrN3O/c12-8-3-6(13)5-14-11(8)15-9-4-7-1-2-10(9)16-7/h3,5,7,9-10H,1-2,4,13H2,(H,14,15). The van der Waals surface area contributed by atoms with Crippen LogP contribution in [0.3, 0.4) is 0 Å². The van der Waals surface area contributed by atoms with E-state index in [0.29, 0.717) is 23.9 Å². The third kappa shape index (κ3) is 1.78. The van der Waals surface area contributed by atoms with Gasteiger partial charge in [-0.15, -0.1) is 0 Å². The van der Waals surface area contributed by atoms with Gasteiger partial charge in [-0.25, -0.2) is 4.98 Å². The lowest BCUT2D eigenvalue weighted by molar-refractivity contribution is 0.102. The Morgan fingerprint density at radius 2 is 2.38 bits per heavy atom. The van der Waals surface area contributed by atoms with E-state index in [4.69, 9.17) is 10.5 Å². The number of hydrogen-bond acceptors (Lipinski definition) is 4. The molecule has 3 atom stereocenters. The molecule has 5 heteroatoms. The Morgan fingerprint density at radius 1 is 1.50 bits per heavy atom. The van der Waals surface area contributed by atoms with Gasteiger partial charge in [0.2, 0.25) is 0 Å². The molecule has 0 amide bonds. The van der Waals surface area contributed by atoms with Crippen LogP contribution in [0, 0.1) is 0 Å². The van der Waals surface area contributed by atoms with E-state index in [1.54, 1.807) is 6.20 Å². The van der Waals surface area contributed by atoms with Crippen LogP contribution in [0.15, 0.2) is 16.7 Å². The van der Waals surface area contributed by atoms with Crippen molar-refractivity contribution >= 4 is 27.4 Å². The Labute approximate surface area is 103 Å². The van der Waals surface area contributed by atoms with Gasteiger partial charge >= 0.3 is 0 Å². The summed E-state index contributed by atoms with van der Waals surface area (Å²) in [5.41, 5.74) is 6.32. The van der Waals surface area contributed by atoms with Gasteiger partial charge in [-0.1, -0.05) is 0 Å². The number of halogens is 1. The molecule has 2 bridgehead atoms. The summed E-state index contributed by atoms with van der Waals surface area (Å²) in [6, 6.07) is 2.26. The summed E-state index contributed by atoms with van der Waals surface area (Å²) in [5, 5.41) is 3.43. The maximum atomic E-state index is 5.79. The minimum atomic E-state index is 0.358. The molecule has 1 aromatic rings. The SMILES string of the molecule is Nc1cnc(NC2CC3CCC2O3)c(Br)c1. The molecule has 4 nitrogen and oxygen atoms in total. The van der Waals surface area contributed by atoms with Gasteiger partial charge in [-0.3, -0.25) is 0 Å². The second kappa shape index (κ2) is 3.89. The highest BCUT2D eigenvalue weighted by molar-refractivity contribution is 9.10. The lowest BCUT2D eigenvalue weighted by Crippen LogP contribution is -2.30. The van der Waals surface area contributed by atoms with Crippen molar-refractivity contribution in [2.24, 2.45) is 0 Å². The number of rotatable bonds is 2. The normalized spacial score (nSPS) is 31.9. The van der Waals surface area contributed by atoms with Crippen LogP contribution < -0.4 is 11.1 Å². The highest BCUT2D eigenvalue weighted by Gasteiger charge is 2.40. The fraction of sp³-hybridized carbons (Fsp3) is 0.545. The third-order valence-electron chi connectivity index (χ3n) is 3.29. The van der Waals surface area contributed by atoms with Crippen molar-refractivity contribution in [2.75, 3.05) is 11.1 Å². The van der Waals surface area contributed by atoms with Gasteiger partial charge in [0.05, 0.1) is 34.6 Å². The number of fused-ring (bicyclic) bond motifs is 2. The van der Waals surface area contributed by atoms with Crippen molar-refractivity contribution in [1.82, 2.24) is 4.98 Å². The average Bonchev–Trinajstić information content (AvgIpc) is 2.84. The summed E-state index contributed by atoms with van der Waals surface area (Å²) in [6.07, 6.45) is 5.93. The molecule has 2 aliphatic heterocycles. The van der Waals surface area contributed by atoms with Crippen molar-refractivity contribution in [3.05, 3.63) is 16.7 Å². The van der Waals surface area contributed by atoms with Crippen LogP contribution in [0.2, 0.25) is 0 Å². The number of pyridine rings is 1. The van der Waals surface area contributed by atoms with Gasteiger partial charge in [0.25, 0.3) is 0 Å². The average molecular weight is 284 g/mol. The summed E-state index contributed by atoms with van der Waals surface area (Å²) in [4.78, 5) is 4.29. The summed E-state index contributed by atoms with van der Waals surface area (Å²) in [7, 11) is 0. The first-order chi connectivity index (χ1) is 7.72. The molecule has 0 spiro atoms. The molecule has 0 aromatic carbocycles. The minimum Gasteiger partial charge on any atom is -0.397 e. The Hall–Kier alpha value is -0.810. The highest BCUT2D eigenvalue weighted by Crippen LogP contribution is 2.36. The van der Waals surface area contributed by atoms with Crippen molar-refractivity contribution in [3.8, 4) is 0 Å². The number of anilines is 2. The molecule has 3 unspecified atom stereocenters. The Morgan fingerprint density at radius 3 is 3.00 bits per heavy atom. The molecule has 0 aliphatic carbocycles. The summed E-state index contributed by atoms with van der Waals surface area (Å²) < 4.78 is 6.70. The second-order valence-electron chi connectivity index (χ2n) is 4.46. The first kappa shape index (κ1) is 10.4. The van der Waals surface area contributed by atoms with E-state index in [1.165, 1.54) is 6.42 Å². The van der Waals surface area contributed by atoms with Crippen LogP contribution in [-0.2, 0) is 4.74 Å². The fourth-order valence-electron chi connectivity index (χ4n) is 2.52. The van der Waals surface area contributed by atoms with Crippen molar-refractivity contribution in [2.45, 2.75) is 37.5 Å². The van der Waals surface area contributed by atoms with E-state index in [2.05, 4.69) is 26.2 Å². The van der Waals surface area contributed by atoms with Crippen LogP contribution in [0.4, 0.5) is 11.5 Å². The summed E-state index contributed by atoms with van der Waals surface area (Å²) in [5.74, 6) is 0.857. The van der Waals surface area contributed by atoms with Gasteiger partial charge < -0.3 is 15.8 Å². The van der Waals surface area contributed by atoms with Crippen molar-refractivity contribution < 1.29 is 4.74 Å². The maximum Gasteiger partial charge on any atom is 0.140 e. The Kier molecular flexibility index (Phi) is 2.52. The van der Waals surface area contributed by atoms with Gasteiger partial charge in [-0.2, -0.15) is 0 Å². The number of aromatic nitrogens is 1. The molecule has 0 saturated carbocycles. The minimum absolute atomic E-state index is 0.358. The number of nitrogens with zero attached hydrogens (tertiary/aromatic N) is 1. The van der Waals surface area contributed by atoms with Gasteiger partial charge in [0.1, 0.15) is 5.82 Å². The Bertz CT molecular complexity index is 412. The predicted octanol–water partition coefficient (Wildman–Crippen LogP) is 2.16. The highest BCUT2D eigenvalue weighted by atomic mass is 79.9. The zero-order chi connectivity index (χ0) is 11.1. The van der Waals surface area contributed by atoms with Crippen LogP contribution in [0.5, 0.6) is 0 Å². The van der Waals surface area contributed by atoms with E-state index in [-0.39, 0.29) is 0 Å². The molecule has 1 aromatic heterocycles. The number of nitrogens with two attached hydrogens (primary N) is 1. The molecule has 3 N–H and O–H groups in total. The fourth-order valence-corrected chi connectivity index (χ4v) is 3.01. The Balaban J connectivity index is 1.74. The van der Waals surface area contributed by atoms with E-state index in [9.17, 15) is 0 Å². The molecule has 2 saturated heterocycles. The largest absolute Gasteiger partial charge is 0.397 e. The number of hydrogen-bond donors (Lipinski definition) is 2. The topological polar surface area (TPSA) is 60.2 Å². The maximum absolute atomic E-state index is 5.79. The van der Waals surface area contributed by atoms with E-state index < -0.39 is 0 Å². The zero-order valence-corrected chi connectivity index (χ0v) is 10.4. The monoisotopic (exact) mass is 283 g/mol. The van der Waals surface area contributed by atoms with Crippen LogP contribution in [0.25, 0.3) is 0 Å². The molecule has 86 valence electrons.